The highest BCUT2D eigenvalue weighted by Gasteiger charge is 2.23. The second kappa shape index (κ2) is 8.41. The summed E-state index contributed by atoms with van der Waals surface area (Å²) in [5, 5.41) is 6.10. The maximum absolute atomic E-state index is 12.0. The first-order valence-corrected chi connectivity index (χ1v) is 7.60. The number of rotatable bonds is 6. The number of amides is 2. The quantitative estimate of drug-likeness (QED) is 0.779. The van der Waals surface area contributed by atoms with Crippen LogP contribution in [0.1, 0.15) is 52.9 Å². The topological polar surface area (TPSA) is 50.4 Å². The predicted octanol–water partition coefficient (Wildman–Crippen LogP) is 2.93. The first-order valence-electron chi connectivity index (χ1n) is 7.60. The third-order valence-corrected chi connectivity index (χ3v) is 4.18. The fourth-order valence-electron chi connectivity index (χ4n) is 2.75. The van der Waals surface area contributed by atoms with Gasteiger partial charge in [0.2, 0.25) is 0 Å². The fraction of sp³-hybridized carbons (Fsp3) is 0.933. The highest BCUT2D eigenvalue weighted by molar-refractivity contribution is 5.74. The van der Waals surface area contributed by atoms with E-state index in [4.69, 9.17) is 4.74 Å². The van der Waals surface area contributed by atoms with E-state index in [-0.39, 0.29) is 18.1 Å². The van der Waals surface area contributed by atoms with Crippen LogP contribution >= 0.6 is 0 Å². The molecule has 2 N–H and O–H groups in total. The second-order valence-electron chi connectivity index (χ2n) is 6.11. The zero-order valence-electron chi connectivity index (χ0n) is 12.9. The molecule has 1 saturated carbocycles. The lowest BCUT2D eigenvalue weighted by Crippen LogP contribution is -2.50. The lowest BCUT2D eigenvalue weighted by Gasteiger charge is -2.29. The van der Waals surface area contributed by atoms with Crippen LogP contribution in [-0.2, 0) is 4.74 Å². The minimum absolute atomic E-state index is 0.0613. The van der Waals surface area contributed by atoms with Crippen LogP contribution in [0.15, 0.2) is 0 Å². The Morgan fingerprint density at radius 1 is 1.16 bits per heavy atom. The van der Waals surface area contributed by atoms with E-state index in [1.165, 1.54) is 32.1 Å². The number of methoxy groups -OCH3 is 1. The number of ether oxygens (including phenoxy) is 1. The van der Waals surface area contributed by atoms with Gasteiger partial charge in [-0.2, -0.15) is 0 Å². The Morgan fingerprint density at radius 2 is 1.79 bits per heavy atom. The summed E-state index contributed by atoms with van der Waals surface area (Å²) < 4.78 is 5.14. The summed E-state index contributed by atoms with van der Waals surface area (Å²) in [6, 6.07) is 0.271. The van der Waals surface area contributed by atoms with Crippen LogP contribution in [0, 0.1) is 11.8 Å². The number of carbonyl (C=O) groups excluding carboxylic acids is 1. The van der Waals surface area contributed by atoms with Gasteiger partial charge in [0, 0.05) is 13.2 Å². The third kappa shape index (κ3) is 5.81. The van der Waals surface area contributed by atoms with Crippen LogP contribution in [0.25, 0.3) is 0 Å². The minimum Gasteiger partial charge on any atom is -0.383 e. The van der Waals surface area contributed by atoms with Gasteiger partial charge in [0.1, 0.15) is 0 Å². The van der Waals surface area contributed by atoms with Crippen LogP contribution in [0.4, 0.5) is 4.79 Å². The van der Waals surface area contributed by atoms with Gasteiger partial charge in [0.25, 0.3) is 0 Å². The summed E-state index contributed by atoms with van der Waals surface area (Å²) in [6.07, 6.45) is 6.44. The van der Waals surface area contributed by atoms with Crippen molar-refractivity contribution in [3.8, 4) is 0 Å². The van der Waals surface area contributed by atoms with E-state index in [0.717, 1.165) is 0 Å². The number of hydrogen-bond donors (Lipinski definition) is 2. The molecule has 0 radical (unpaired) electrons. The van der Waals surface area contributed by atoms with Crippen molar-refractivity contribution >= 4 is 6.03 Å². The number of hydrogen-bond acceptors (Lipinski definition) is 2. The number of nitrogens with one attached hydrogen (secondary N) is 2. The van der Waals surface area contributed by atoms with E-state index in [9.17, 15) is 4.79 Å². The number of carbonyl (C=O) groups is 1. The molecule has 0 aromatic carbocycles. The number of urea groups is 1. The first-order chi connectivity index (χ1) is 9.04. The van der Waals surface area contributed by atoms with E-state index in [2.05, 4.69) is 31.4 Å². The van der Waals surface area contributed by atoms with Crippen molar-refractivity contribution in [2.45, 2.75) is 65.0 Å². The van der Waals surface area contributed by atoms with Crippen molar-refractivity contribution in [3.63, 3.8) is 0 Å². The van der Waals surface area contributed by atoms with E-state index >= 15 is 0 Å². The van der Waals surface area contributed by atoms with Crippen molar-refractivity contribution in [1.29, 1.82) is 0 Å². The fourth-order valence-corrected chi connectivity index (χ4v) is 2.75. The van der Waals surface area contributed by atoms with Gasteiger partial charge in [0.05, 0.1) is 12.6 Å². The maximum atomic E-state index is 12.0. The lowest BCUT2D eigenvalue weighted by molar-refractivity contribution is 0.146. The first kappa shape index (κ1) is 16.3. The molecule has 2 amide bonds. The second-order valence-corrected chi connectivity index (χ2v) is 6.11. The third-order valence-electron chi connectivity index (χ3n) is 4.18. The molecule has 4 heteroatoms. The maximum Gasteiger partial charge on any atom is 0.315 e. The van der Waals surface area contributed by atoms with Crippen LogP contribution in [0.3, 0.4) is 0 Å². The smallest absolute Gasteiger partial charge is 0.315 e. The molecule has 0 saturated heterocycles. The Balaban J connectivity index is 2.35. The SMILES string of the molecule is COCC(NC(=O)NC(C)C1CCCCC1)C(C)C. The molecule has 0 bridgehead atoms. The van der Waals surface area contributed by atoms with E-state index in [0.29, 0.717) is 18.4 Å². The van der Waals surface area contributed by atoms with Gasteiger partial charge in [0.15, 0.2) is 0 Å². The Morgan fingerprint density at radius 3 is 2.32 bits per heavy atom. The summed E-state index contributed by atoms with van der Waals surface area (Å²) in [5.74, 6) is 1.01. The molecule has 1 aliphatic carbocycles. The average molecular weight is 270 g/mol. The van der Waals surface area contributed by atoms with Gasteiger partial charge in [-0.15, -0.1) is 0 Å². The molecule has 4 nitrogen and oxygen atoms in total. The molecule has 0 spiro atoms. The van der Waals surface area contributed by atoms with Gasteiger partial charge in [-0.05, 0) is 31.6 Å². The molecule has 112 valence electrons. The van der Waals surface area contributed by atoms with Crippen molar-refractivity contribution < 1.29 is 9.53 Å². The summed E-state index contributed by atoms with van der Waals surface area (Å²) >= 11 is 0. The molecule has 0 aromatic heterocycles. The van der Waals surface area contributed by atoms with Crippen molar-refractivity contribution in [2.75, 3.05) is 13.7 Å². The largest absolute Gasteiger partial charge is 0.383 e. The Labute approximate surface area is 117 Å². The van der Waals surface area contributed by atoms with Gasteiger partial charge >= 0.3 is 6.03 Å². The van der Waals surface area contributed by atoms with E-state index < -0.39 is 0 Å². The van der Waals surface area contributed by atoms with Crippen molar-refractivity contribution in [3.05, 3.63) is 0 Å². The molecule has 2 atom stereocenters. The molecule has 0 aromatic rings. The standard InChI is InChI=1S/C15H30N2O2/c1-11(2)14(10-19-4)17-15(18)16-12(3)13-8-6-5-7-9-13/h11-14H,5-10H2,1-4H3,(H2,16,17,18). The Bertz CT molecular complexity index is 263. The highest BCUT2D eigenvalue weighted by Crippen LogP contribution is 2.26. The van der Waals surface area contributed by atoms with Gasteiger partial charge < -0.3 is 15.4 Å². The molecule has 1 rings (SSSR count). The van der Waals surface area contributed by atoms with Crippen molar-refractivity contribution in [1.82, 2.24) is 10.6 Å². The minimum atomic E-state index is -0.0613. The van der Waals surface area contributed by atoms with Gasteiger partial charge in [-0.1, -0.05) is 33.1 Å². The van der Waals surface area contributed by atoms with Gasteiger partial charge in [-0.3, -0.25) is 0 Å². The summed E-state index contributed by atoms with van der Waals surface area (Å²) in [7, 11) is 1.67. The zero-order valence-corrected chi connectivity index (χ0v) is 12.9. The summed E-state index contributed by atoms with van der Waals surface area (Å²) in [4.78, 5) is 12.0. The molecule has 19 heavy (non-hydrogen) atoms. The van der Waals surface area contributed by atoms with E-state index in [1.54, 1.807) is 7.11 Å². The summed E-state index contributed by atoms with van der Waals surface area (Å²) in [5.41, 5.74) is 0. The molecule has 0 heterocycles. The van der Waals surface area contributed by atoms with E-state index in [1.807, 2.05) is 0 Å². The van der Waals surface area contributed by atoms with Gasteiger partial charge in [-0.25, -0.2) is 4.79 Å². The molecule has 1 fully saturated rings. The zero-order chi connectivity index (χ0) is 14.3. The Hall–Kier alpha value is -0.770. The predicted molar refractivity (Wildman–Crippen MR) is 78.2 cm³/mol. The highest BCUT2D eigenvalue weighted by atomic mass is 16.5. The van der Waals surface area contributed by atoms with Crippen LogP contribution in [0.5, 0.6) is 0 Å². The van der Waals surface area contributed by atoms with Crippen LogP contribution < -0.4 is 10.6 Å². The van der Waals surface area contributed by atoms with Crippen molar-refractivity contribution in [2.24, 2.45) is 11.8 Å². The van der Waals surface area contributed by atoms with Crippen LogP contribution in [-0.4, -0.2) is 31.8 Å². The summed E-state index contributed by atoms with van der Waals surface area (Å²) in [6.45, 7) is 6.86. The Kier molecular flexibility index (Phi) is 7.21. The average Bonchev–Trinajstić information content (AvgIpc) is 2.39. The van der Waals surface area contributed by atoms with Crippen LogP contribution in [0.2, 0.25) is 0 Å². The molecular weight excluding hydrogens is 240 g/mol. The normalized spacial score (nSPS) is 20.1. The molecular formula is C15H30N2O2. The lowest BCUT2D eigenvalue weighted by atomic mass is 9.84. The monoisotopic (exact) mass is 270 g/mol. The molecule has 1 aliphatic rings. The molecule has 2 unspecified atom stereocenters. The molecule has 0 aliphatic heterocycles.